The first-order chi connectivity index (χ1) is 18.7. The number of fused-ring (bicyclic) bond motifs is 3. The highest BCUT2D eigenvalue weighted by Gasteiger charge is 2.48. The summed E-state index contributed by atoms with van der Waals surface area (Å²) in [4.78, 5) is 18.3. The molecular weight excluding hydrogens is 488 g/mol. The molecule has 39 heavy (non-hydrogen) atoms. The molecule has 3 aromatic carbocycles. The van der Waals surface area contributed by atoms with Gasteiger partial charge in [-0.2, -0.15) is 4.98 Å². The average molecular weight is 526 g/mol. The van der Waals surface area contributed by atoms with Crippen molar-refractivity contribution in [3.63, 3.8) is 0 Å². The van der Waals surface area contributed by atoms with Crippen molar-refractivity contribution in [3.05, 3.63) is 108 Å². The van der Waals surface area contributed by atoms with Gasteiger partial charge >= 0.3 is 5.97 Å². The fourth-order valence-electron chi connectivity index (χ4n) is 5.91. The molecule has 0 amide bonds. The number of hydrogen-bond acceptors (Lipinski definition) is 6. The lowest BCUT2D eigenvalue weighted by Gasteiger charge is -2.51. The Hall–Kier alpha value is -3.81. The average Bonchev–Trinajstić information content (AvgIpc) is 3.43. The molecule has 3 aliphatic rings. The molecule has 0 spiro atoms. The number of esters is 1. The zero-order valence-corrected chi connectivity index (χ0v) is 21.4. The van der Waals surface area contributed by atoms with Crippen molar-refractivity contribution >= 4 is 5.97 Å². The Balaban J connectivity index is 0.00000308. The number of nitrogens with one attached hydrogen (secondary N) is 1. The van der Waals surface area contributed by atoms with E-state index in [1.807, 2.05) is 78.9 Å². The van der Waals surface area contributed by atoms with Gasteiger partial charge in [-0.05, 0) is 23.3 Å². The molecule has 202 valence electrons. The number of ether oxygens (including phenoxy) is 1. The van der Waals surface area contributed by atoms with Gasteiger partial charge in [0.25, 0.3) is 5.89 Å². The minimum absolute atomic E-state index is 0. The maximum absolute atomic E-state index is 13.6. The Morgan fingerprint density at radius 1 is 0.949 bits per heavy atom. The number of aromatic nitrogens is 2. The molecule has 2 atom stereocenters. The molecule has 4 heterocycles. The van der Waals surface area contributed by atoms with Crippen molar-refractivity contribution in [2.24, 2.45) is 5.92 Å². The third-order valence-corrected chi connectivity index (χ3v) is 8.00. The highest BCUT2D eigenvalue weighted by molar-refractivity contribution is 5.78. The summed E-state index contributed by atoms with van der Waals surface area (Å²) in [5.41, 5.74) is 2.97. The van der Waals surface area contributed by atoms with Crippen LogP contribution in [0, 0.1) is 5.92 Å². The summed E-state index contributed by atoms with van der Waals surface area (Å²) in [6.45, 7) is 4.15. The van der Waals surface area contributed by atoms with Crippen molar-refractivity contribution in [2.75, 3.05) is 19.6 Å². The van der Waals surface area contributed by atoms with E-state index in [9.17, 15) is 4.79 Å². The van der Waals surface area contributed by atoms with Crippen LogP contribution >= 0.6 is 0 Å². The van der Waals surface area contributed by atoms with E-state index in [-0.39, 0.29) is 19.5 Å². The zero-order chi connectivity index (χ0) is 25.8. The van der Waals surface area contributed by atoms with E-state index >= 15 is 0 Å². The highest BCUT2D eigenvalue weighted by atomic mass is 16.5. The van der Waals surface area contributed by atoms with Gasteiger partial charge in [-0.15, -0.1) is 0 Å². The number of nitrogens with zero attached hydrogens (tertiary/aromatic N) is 3. The molecule has 3 saturated heterocycles. The molecule has 3 fully saturated rings. The highest BCUT2D eigenvalue weighted by Crippen LogP contribution is 2.37. The van der Waals surface area contributed by atoms with Crippen molar-refractivity contribution in [1.82, 2.24) is 15.5 Å². The van der Waals surface area contributed by atoms with Gasteiger partial charge in [0.2, 0.25) is 5.82 Å². The SMILES string of the molecule is C.O=C(O[C@H]1C[N+]2(Cc3noc(-c4ccccc4)n3)CCC1CC2)C(NCc1ccccc1)c1ccccc1. The van der Waals surface area contributed by atoms with Crippen LogP contribution in [0.2, 0.25) is 0 Å². The number of quaternary nitrogens is 1. The molecule has 4 aromatic rings. The van der Waals surface area contributed by atoms with Crippen LogP contribution in [0.25, 0.3) is 11.5 Å². The van der Waals surface area contributed by atoms with Crippen LogP contribution in [0.3, 0.4) is 0 Å². The Morgan fingerprint density at radius 2 is 1.59 bits per heavy atom. The summed E-state index contributed by atoms with van der Waals surface area (Å²) in [5, 5.41) is 7.73. The van der Waals surface area contributed by atoms with Gasteiger partial charge in [0.05, 0.1) is 13.1 Å². The van der Waals surface area contributed by atoms with Gasteiger partial charge in [-0.25, -0.2) is 4.79 Å². The molecule has 1 N–H and O–H groups in total. The third-order valence-electron chi connectivity index (χ3n) is 8.00. The summed E-state index contributed by atoms with van der Waals surface area (Å²) >= 11 is 0. The van der Waals surface area contributed by atoms with E-state index in [0.29, 0.717) is 30.7 Å². The van der Waals surface area contributed by atoms with Crippen molar-refractivity contribution in [2.45, 2.75) is 45.5 Å². The van der Waals surface area contributed by atoms with Gasteiger partial charge in [-0.3, -0.25) is 5.32 Å². The van der Waals surface area contributed by atoms with Gasteiger partial charge in [-0.1, -0.05) is 91.4 Å². The molecule has 0 aliphatic carbocycles. The maximum atomic E-state index is 13.6. The number of hydrogen-bond donors (Lipinski definition) is 1. The number of carbonyl (C=O) groups excluding carboxylic acids is 1. The van der Waals surface area contributed by atoms with Gasteiger partial charge in [0, 0.05) is 30.9 Å². The first-order valence-electron chi connectivity index (χ1n) is 13.4. The quantitative estimate of drug-likeness (QED) is 0.228. The topological polar surface area (TPSA) is 77.2 Å². The van der Waals surface area contributed by atoms with E-state index in [2.05, 4.69) is 27.6 Å². The van der Waals surface area contributed by atoms with Crippen LogP contribution in [0.15, 0.2) is 95.5 Å². The molecule has 3 aliphatic heterocycles. The second kappa shape index (κ2) is 11.9. The predicted octanol–water partition coefficient (Wildman–Crippen LogP) is 5.56. The second-order valence-corrected chi connectivity index (χ2v) is 10.5. The minimum Gasteiger partial charge on any atom is -0.455 e. The van der Waals surface area contributed by atoms with Gasteiger partial charge in [0.1, 0.15) is 19.1 Å². The smallest absolute Gasteiger partial charge is 0.328 e. The van der Waals surface area contributed by atoms with Gasteiger partial charge < -0.3 is 13.7 Å². The van der Waals surface area contributed by atoms with Gasteiger partial charge in [0.15, 0.2) is 6.10 Å². The lowest BCUT2D eigenvalue weighted by molar-refractivity contribution is -0.958. The number of carbonyl (C=O) groups is 1. The standard InChI is InChI=1S/C31H33N4O3.CH4/c36-31(29(25-12-6-2-7-13-25)32-20-23-10-4-1-5-11-23)37-27-21-35(18-16-24(27)17-19-35)22-28-33-30(38-34-28)26-14-8-3-9-15-26;/h1-15,24,27,29,32H,16-22H2;1H4/q+1;/t24?,27-,29?,35?;/m0./s1. The van der Waals surface area contributed by atoms with Crippen molar-refractivity contribution in [3.8, 4) is 11.5 Å². The van der Waals surface area contributed by atoms with Crippen molar-refractivity contribution in [1.29, 1.82) is 0 Å². The fourth-order valence-corrected chi connectivity index (χ4v) is 5.91. The summed E-state index contributed by atoms with van der Waals surface area (Å²) in [5.74, 6) is 1.44. The summed E-state index contributed by atoms with van der Waals surface area (Å²) in [6.07, 6.45) is 1.96. The molecule has 7 heteroatoms. The van der Waals surface area contributed by atoms with Crippen LogP contribution < -0.4 is 5.32 Å². The largest absolute Gasteiger partial charge is 0.455 e. The van der Waals surface area contributed by atoms with Crippen molar-refractivity contribution < 1.29 is 18.5 Å². The van der Waals surface area contributed by atoms with E-state index in [0.717, 1.165) is 53.6 Å². The third kappa shape index (κ3) is 6.10. The van der Waals surface area contributed by atoms with Crippen LogP contribution in [0.1, 0.15) is 43.3 Å². The fraction of sp³-hybridized carbons (Fsp3) is 0.344. The Labute approximate surface area is 230 Å². The molecular formula is C32H37N4O3+. The van der Waals surface area contributed by atoms with Crippen LogP contribution in [-0.4, -0.2) is 46.3 Å². The minimum atomic E-state index is -0.522. The normalized spacial score (nSPS) is 22.6. The molecule has 7 rings (SSSR count). The van der Waals surface area contributed by atoms with Crippen LogP contribution in [0.4, 0.5) is 0 Å². The molecule has 2 bridgehead atoms. The monoisotopic (exact) mass is 525 g/mol. The Bertz CT molecular complexity index is 1340. The summed E-state index contributed by atoms with van der Waals surface area (Å²) in [6, 6.07) is 29.3. The van der Waals surface area contributed by atoms with E-state index < -0.39 is 6.04 Å². The predicted molar refractivity (Wildman–Crippen MR) is 150 cm³/mol. The molecule has 7 nitrogen and oxygen atoms in total. The number of benzene rings is 3. The molecule has 0 radical (unpaired) electrons. The maximum Gasteiger partial charge on any atom is 0.328 e. The van der Waals surface area contributed by atoms with E-state index in [4.69, 9.17) is 9.26 Å². The summed E-state index contributed by atoms with van der Waals surface area (Å²) in [7, 11) is 0. The first kappa shape index (κ1) is 26.8. The van der Waals surface area contributed by atoms with Crippen LogP contribution in [-0.2, 0) is 22.6 Å². The zero-order valence-electron chi connectivity index (χ0n) is 21.4. The number of rotatable bonds is 9. The Kier molecular flexibility index (Phi) is 8.19. The van der Waals surface area contributed by atoms with E-state index in [1.165, 1.54) is 0 Å². The molecule has 1 aromatic heterocycles. The summed E-state index contributed by atoms with van der Waals surface area (Å²) < 4.78 is 12.7. The lowest BCUT2D eigenvalue weighted by atomic mass is 9.83. The second-order valence-electron chi connectivity index (χ2n) is 10.5. The Morgan fingerprint density at radius 3 is 2.28 bits per heavy atom. The van der Waals surface area contributed by atoms with E-state index in [1.54, 1.807) is 0 Å². The molecule has 1 unspecified atom stereocenters. The number of piperidine rings is 3. The first-order valence-corrected chi connectivity index (χ1v) is 13.4. The van der Waals surface area contributed by atoms with Crippen LogP contribution in [0.5, 0.6) is 0 Å². The molecule has 0 saturated carbocycles. The lowest BCUT2D eigenvalue weighted by Crippen LogP contribution is -2.64.